The minimum Gasteiger partial charge on any atom is -0.0878 e. The van der Waals surface area contributed by atoms with Gasteiger partial charge in [-0.05, 0) is 25.7 Å². The molecule has 0 saturated heterocycles. The molecule has 2 aliphatic carbocycles. The van der Waals surface area contributed by atoms with Gasteiger partial charge in [-0.15, -0.1) is 0 Å². The molecule has 1 saturated carbocycles. The third-order valence-electron chi connectivity index (χ3n) is 2.32. The Morgan fingerprint density at radius 1 is 1.67 bits per heavy atom. The summed E-state index contributed by atoms with van der Waals surface area (Å²) in [7, 11) is 0. The van der Waals surface area contributed by atoms with E-state index in [0.717, 1.165) is 5.92 Å². The molecule has 0 heteroatoms. The summed E-state index contributed by atoms with van der Waals surface area (Å²) in [4.78, 5) is 0. The Kier molecular flexibility index (Phi) is 1.01. The molecule has 0 amide bonds. The summed E-state index contributed by atoms with van der Waals surface area (Å²) in [5.41, 5.74) is 1.63. The molecule has 0 heterocycles. The molecule has 1 fully saturated rings. The third-order valence-corrected chi connectivity index (χ3v) is 2.32. The Morgan fingerprint density at radius 3 is 2.89 bits per heavy atom. The molecule has 2 bridgehead atoms. The number of allylic oxidation sites excluding steroid dienone is 4. The monoisotopic (exact) mass is 119 g/mol. The van der Waals surface area contributed by atoms with Gasteiger partial charge >= 0.3 is 0 Å². The summed E-state index contributed by atoms with van der Waals surface area (Å²) in [5, 5.41) is 0. The molecule has 9 heavy (non-hydrogen) atoms. The van der Waals surface area contributed by atoms with Crippen molar-refractivity contribution in [3.63, 3.8) is 0 Å². The molecule has 0 nitrogen and oxygen atoms in total. The lowest BCUT2D eigenvalue weighted by Crippen LogP contribution is -1.89. The van der Waals surface area contributed by atoms with E-state index in [1.165, 1.54) is 12.8 Å². The second-order valence-corrected chi connectivity index (χ2v) is 2.87. The van der Waals surface area contributed by atoms with Crippen molar-refractivity contribution >= 4 is 0 Å². The van der Waals surface area contributed by atoms with Crippen LogP contribution in [0.5, 0.6) is 0 Å². The van der Waals surface area contributed by atoms with Crippen molar-refractivity contribution < 1.29 is 0 Å². The standard InChI is InChI=1S/C9H11/c1-2-8-5-7-3-4-9(8)6-7/h2-4,9H,5-6H2,1H3/b8-2-. The Morgan fingerprint density at radius 2 is 2.56 bits per heavy atom. The molecule has 0 N–H and O–H groups in total. The average Bonchev–Trinajstić information content (AvgIpc) is 2.45. The number of hydrogen-bond acceptors (Lipinski definition) is 0. The fourth-order valence-electron chi connectivity index (χ4n) is 1.77. The van der Waals surface area contributed by atoms with Gasteiger partial charge in [0.2, 0.25) is 0 Å². The maximum absolute atomic E-state index is 2.33. The first kappa shape index (κ1) is 5.28. The second kappa shape index (κ2) is 1.73. The van der Waals surface area contributed by atoms with Gasteiger partial charge in [0.1, 0.15) is 0 Å². The summed E-state index contributed by atoms with van der Waals surface area (Å²) < 4.78 is 0. The molecule has 0 aliphatic heterocycles. The van der Waals surface area contributed by atoms with Crippen molar-refractivity contribution in [1.29, 1.82) is 0 Å². The molecule has 1 atom stereocenters. The Hall–Kier alpha value is -0.520. The quantitative estimate of drug-likeness (QED) is 0.430. The zero-order valence-corrected chi connectivity index (χ0v) is 5.72. The predicted molar refractivity (Wildman–Crippen MR) is 38.9 cm³/mol. The lowest BCUT2D eigenvalue weighted by atomic mass is 10.0. The SMILES string of the molecule is C/C=C1/C[C]2C=CC1C2. The third kappa shape index (κ3) is 0.658. The summed E-state index contributed by atoms with van der Waals surface area (Å²) in [5.74, 6) is 2.43. The molecular weight excluding hydrogens is 108 g/mol. The van der Waals surface area contributed by atoms with E-state index in [1.54, 1.807) is 11.5 Å². The highest BCUT2D eigenvalue weighted by Crippen LogP contribution is 2.44. The van der Waals surface area contributed by atoms with E-state index >= 15 is 0 Å². The average molecular weight is 119 g/mol. The van der Waals surface area contributed by atoms with Gasteiger partial charge in [-0.2, -0.15) is 0 Å². The Labute approximate surface area is 56.3 Å². The van der Waals surface area contributed by atoms with Gasteiger partial charge < -0.3 is 0 Å². The van der Waals surface area contributed by atoms with Crippen molar-refractivity contribution in [2.24, 2.45) is 5.92 Å². The molecule has 2 rings (SSSR count). The number of hydrogen-bond donors (Lipinski definition) is 0. The number of rotatable bonds is 0. The summed E-state index contributed by atoms with van der Waals surface area (Å²) >= 11 is 0. The van der Waals surface area contributed by atoms with Crippen LogP contribution in [0.2, 0.25) is 0 Å². The van der Waals surface area contributed by atoms with E-state index < -0.39 is 0 Å². The van der Waals surface area contributed by atoms with Gasteiger partial charge in [-0.1, -0.05) is 23.8 Å². The zero-order valence-electron chi connectivity index (χ0n) is 5.72. The fourth-order valence-corrected chi connectivity index (χ4v) is 1.77. The first-order chi connectivity index (χ1) is 4.40. The van der Waals surface area contributed by atoms with E-state index in [4.69, 9.17) is 0 Å². The van der Waals surface area contributed by atoms with Gasteiger partial charge in [-0.25, -0.2) is 0 Å². The summed E-state index contributed by atoms with van der Waals surface area (Å²) in [6.45, 7) is 2.14. The van der Waals surface area contributed by atoms with Crippen molar-refractivity contribution in [3.05, 3.63) is 29.7 Å². The van der Waals surface area contributed by atoms with E-state index in [-0.39, 0.29) is 0 Å². The maximum Gasteiger partial charge on any atom is 0.00223 e. The molecule has 1 radical (unpaired) electrons. The van der Waals surface area contributed by atoms with Crippen LogP contribution in [-0.2, 0) is 0 Å². The maximum atomic E-state index is 2.33. The fraction of sp³-hybridized carbons (Fsp3) is 0.444. The molecule has 0 spiro atoms. The van der Waals surface area contributed by atoms with Crippen molar-refractivity contribution in [2.75, 3.05) is 0 Å². The predicted octanol–water partition coefficient (Wildman–Crippen LogP) is 2.49. The second-order valence-electron chi connectivity index (χ2n) is 2.87. The van der Waals surface area contributed by atoms with Crippen LogP contribution in [0, 0.1) is 11.8 Å². The first-order valence-electron chi connectivity index (χ1n) is 3.58. The highest BCUT2D eigenvalue weighted by Gasteiger charge is 2.30. The minimum atomic E-state index is 0.796. The van der Waals surface area contributed by atoms with Crippen LogP contribution in [0.4, 0.5) is 0 Å². The first-order valence-corrected chi connectivity index (χ1v) is 3.58. The Balaban J connectivity index is 2.29. The van der Waals surface area contributed by atoms with Crippen LogP contribution in [-0.4, -0.2) is 0 Å². The van der Waals surface area contributed by atoms with Gasteiger partial charge in [0.25, 0.3) is 0 Å². The minimum absolute atomic E-state index is 0.796. The van der Waals surface area contributed by atoms with Gasteiger partial charge in [-0.3, -0.25) is 0 Å². The smallest absolute Gasteiger partial charge is 0.00223 e. The molecule has 2 aliphatic rings. The largest absolute Gasteiger partial charge is 0.0878 e. The lowest BCUT2D eigenvalue weighted by molar-refractivity contribution is 0.839. The number of fused-ring (bicyclic) bond motifs is 2. The highest BCUT2D eigenvalue weighted by molar-refractivity contribution is 5.38. The van der Waals surface area contributed by atoms with Crippen LogP contribution in [0.15, 0.2) is 23.8 Å². The van der Waals surface area contributed by atoms with Crippen LogP contribution in [0.25, 0.3) is 0 Å². The highest BCUT2D eigenvalue weighted by atomic mass is 14.3. The van der Waals surface area contributed by atoms with Crippen molar-refractivity contribution in [1.82, 2.24) is 0 Å². The van der Waals surface area contributed by atoms with Crippen LogP contribution >= 0.6 is 0 Å². The molecule has 0 aromatic carbocycles. The molecule has 0 aromatic heterocycles. The van der Waals surface area contributed by atoms with Crippen LogP contribution < -0.4 is 0 Å². The Bertz CT molecular complexity index is 174. The van der Waals surface area contributed by atoms with Crippen molar-refractivity contribution in [2.45, 2.75) is 19.8 Å². The van der Waals surface area contributed by atoms with Gasteiger partial charge in [0.15, 0.2) is 0 Å². The van der Waals surface area contributed by atoms with E-state index in [2.05, 4.69) is 25.2 Å². The van der Waals surface area contributed by atoms with Gasteiger partial charge in [0, 0.05) is 5.92 Å². The van der Waals surface area contributed by atoms with Crippen LogP contribution in [0.1, 0.15) is 19.8 Å². The topological polar surface area (TPSA) is 0 Å². The van der Waals surface area contributed by atoms with E-state index in [9.17, 15) is 0 Å². The van der Waals surface area contributed by atoms with Crippen molar-refractivity contribution in [3.8, 4) is 0 Å². The normalized spacial score (nSPS) is 37.0. The zero-order chi connectivity index (χ0) is 6.27. The van der Waals surface area contributed by atoms with E-state index in [1.807, 2.05) is 0 Å². The summed E-state index contributed by atoms with van der Waals surface area (Å²) in [6, 6.07) is 0. The molecule has 0 aromatic rings. The molecule has 47 valence electrons. The van der Waals surface area contributed by atoms with Crippen LogP contribution in [0.3, 0.4) is 0 Å². The summed E-state index contributed by atoms with van der Waals surface area (Å²) in [6.07, 6.45) is 9.46. The lowest BCUT2D eigenvalue weighted by Gasteiger charge is -2.04. The van der Waals surface area contributed by atoms with E-state index in [0.29, 0.717) is 0 Å². The molecular formula is C9H11. The van der Waals surface area contributed by atoms with Gasteiger partial charge in [0.05, 0.1) is 0 Å². The molecule has 1 unspecified atom stereocenters.